The van der Waals surface area contributed by atoms with Crippen molar-refractivity contribution in [3.63, 3.8) is 0 Å². The van der Waals surface area contributed by atoms with Crippen molar-refractivity contribution in [3.8, 4) is 0 Å². The van der Waals surface area contributed by atoms with Crippen LogP contribution in [0, 0.1) is 5.92 Å². The Labute approximate surface area is 103 Å². The molecule has 0 aliphatic heterocycles. The zero-order valence-electron chi connectivity index (χ0n) is 9.79. The second-order valence-corrected chi connectivity index (χ2v) is 4.09. The average molecular weight is 251 g/mol. The molecule has 0 radical (unpaired) electrons. The predicted octanol–water partition coefficient (Wildman–Crippen LogP) is 0.538. The minimum Gasteiger partial charge on any atom is -0.480 e. The van der Waals surface area contributed by atoms with Crippen molar-refractivity contribution in [3.05, 3.63) is 17.8 Å². The van der Waals surface area contributed by atoms with Gasteiger partial charge in [-0.15, -0.1) is 10.2 Å². The van der Waals surface area contributed by atoms with Crippen molar-refractivity contribution < 1.29 is 19.4 Å². The average Bonchev–Trinajstić information content (AvgIpc) is 3.19. The van der Waals surface area contributed by atoms with Crippen molar-refractivity contribution in [2.24, 2.45) is 5.92 Å². The molecule has 2 N–H and O–H groups in total. The molecule has 1 aromatic rings. The Hall–Kier alpha value is -2.18. The number of esters is 1. The van der Waals surface area contributed by atoms with Gasteiger partial charge in [0, 0.05) is 0 Å². The van der Waals surface area contributed by atoms with Gasteiger partial charge in [-0.25, -0.2) is 9.59 Å². The van der Waals surface area contributed by atoms with Gasteiger partial charge in [0.2, 0.25) is 0 Å². The van der Waals surface area contributed by atoms with Gasteiger partial charge < -0.3 is 15.2 Å². The molecule has 0 amide bonds. The summed E-state index contributed by atoms with van der Waals surface area (Å²) >= 11 is 0. The normalized spacial score (nSPS) is 15.8. The zero-order valence-corrected chi connectivity index (χ0v) is 9.79. The summed E-state index contributed by atoms with van der Waals surface area (Å²) < 4.78 is 4.49. The van der Waals surface area contributed by atoms with Gasteiger partial charge in [0.05, 0.1) is 7.11 Å². The minimum absolute atomic E-state index is 0.0846. The summed E-state index contributed by atoms with van der Waals surface area (Å²) in [6.07, 6.45) is 1.80. The molecule has 1 heterocycles. The van der Waals surface area contributed by atoms with E-state index in [0.29, 0.717) is 5.82 Å². The SMILES string of the molecule is COC(=O)c1ccc(NC(C(=O)O)C2CC2)nn1. The predicted molar refractivity (Wildman–Crippen MR) is 61.1 cm³/mol. The van der Waals surface area contributed by atoms with Crippen molar-refractivity contribution in [1.82, 2.24) is 10.2 Å². The molecule has 2 rings (SSSR count). The number of ether oxygens (including phenoxy) is 1. The third kappa shape index (κ3) is 2.73. The highest BCUT2D eigenvalue weighted by atomic mass is 16.5. The number of hydrogen-bond acceptors (Lipinski definition) is 6. The maximum absolute atomic E-state index is 11.1. The Morgan fingerprint density at radius 1 is 1.44 bits per heavy atom. The molecule has 1 saturated carbocycles. The highest BCUT2D eigenvalue weighted by molar-refractivity contribution is 5.87. The second kappa shape index (κ2) is 4.99. The van der Waals surface area contributed by atoms with Crippen LogP contribution in [0.1, 0.15) is 23.3 Å². The quantitative estimate of drug-likeness (QED) is 0.736. The van der Waals surface area contributed by atoms with Crippen molar-refractivity contribution >= 4 is 17.8 Å². The molecule has 1 aliphatic carbocycles. The van der Waals surface area contributed by atoms with E-state index in [1.54, 1.807) is 0 Å². The molecule has 1 aliphatic rings. The number of anilines is 1. The summed E-state index contributed by atoms with van der Waals surface area (Å²) in [5.74, 6) is -1.01. The Bertz CT molecular complexity index is 456. The number of carboxylic acid groups (broad SMARTS) is 1. The number of methoxy groups -OCH3 is 1. The number of rotatable bonds is 5. The maximum Gasteiger partial charge on any atom is 0.358 e. The van der Waals surface area contributed by atoms with Crippen molar-refractivity contribution in [2.45, 2.75) is 18.9 Å². The molecule has 96 valence electrons. The highest BCUT2D eigenvalue weighted by Gasteiger charge is 2.36. The van der Waals surface area contributed by atoms with Crippen LogP contribution in [0.15, 0.2) is 12.1 Å². The molecular formula is C11H13N3O4. The van der Waals surface area contributed by atoms with Crippen LogP contribution < -0.4 is 5.32 Å². The molecule has 18 heavy (non-hydrogen) atoms. The molecule has 1 unspecified atom stereocenters. The summed E-state index contributed by atoms with van der Waals surface area (Å²) in [7, 11) is 1.25. The van der Waals surface area contributed by atoms with E-state index in [0.717, 1.165) is 12.8 Å². The molecule has 1 aromatic heterocycles. The number of carbonyl (C=O) groups is 2. The molecular weight excluding hydrogens is 238 g/mol. The van der Waals surface area contributed by atoms with Gasteiger partial charge in [-0.2, -0.15) is 0 Å². The first-order valence-electron chi connectivity index (χ1n) is 5.53. The topological polar surface area (TPSA) is 101 Å². The van der Waals surface area contributed by atoms with Crippen LogP contribution in [0.2, 0.25) is 0 Å². The van der Waals surface area contributed by atoms with Gasteiger partial charge in [-0.3, -0.25) is 0 Å². The van der Waals surface area contributed by atoms with Gasteiger partial charge in [-0.1, -0.05) is 0 Å². The van der Waals surface area contributed by atoms with E-state index < -0.39 is 18.0 Å². The summed E-state index contributed by atoms with van der Waals surface area (Å²) in [6, 6.07) is 2.30. The summed E-state index contributed by atoms with van der Waals surface area (Å²) in [5.41, 5.74) is 0.0846. The lowest BCUT2D eigenvalue weighted by molar-refractivity contribution is -0.138. The maximum atomic E-state index is 11.1. The molecule has 1 fully saturated rings. The summed E-state index contributed by atoms with van der Waals surface area (Å²) in [4.78, 5) is 22.2. The zero-order chi connectivity index (χ0) is 13.1. The first-order valence-corrected chi connectivity index (χ1v) is 5.53. The molecule has 0 saturated heterocycles. The van der Waals surface area contributed by atoms with E-state index in [9.17, 15) is 9.59 Å². The van der Waals surface area contributed by atoms with Gasteiger partial charge in [-0.05, 0) is 30.9 Å². The number of carboxylic acids is 1. The lowest BCUT2D eigenvalue weighted by atomic mass is 10.2. The van der Waals surface area contributed by atoms with Gasteiger partial charge in [0.1, 0.15) is 11.9 Å². The van der Waals surface area contributed by atoms with E-state index in [-0.39, 0.29) is 11.6 Å². The van der Waals surface area contributed by atoms with E-state index in [1.807, 2.05) is 0 Å². The Morgan fingerprint density at radius 3 is 2.61 bits per heavy atom. The molecule has 7 nitrogen and oxygen atoms in total. The van der Waals surface area contributed by atoms with Crippen LogP contribution in [-0.2, 0) is 9.53 Å². The van der Waals surface area contributed by atoms with E-state index >= 15 is 0 Å². The third-order valence-electron chi connectivity index (χ3n) is 2.72. The molecule has 0 spiro atoms. The second-order valence-electron chi connectivity index (χ2n) is 4.09. The van der Waals surface area contributed by atoms with Crippen molar-refractivity contribution in [2.75, 3.05) is 12.4 Å². The standard InChI is InChI=1S/C11H13N3O4/c1-18-11(17)7-4-5-8(14-13-7)12-9(10(15)16)6-2-3-6/h4-6,9H,2-3H2,1H3,(H,12,14)(H,15,16). The van der Waals surface area contributed by atoms with Crippen LogP contribution in [-0.4, -0.2) is 40.4 Å². The summed E-state index contributed by atoms with van der Waals surface area (Å²) in [5, 5.41) is 19.3. The Balaban J connectivity index is 2.05. The van der Waals surface area contributed by atoms with Crippen LogP contribution in [0.25, 0.3) is 0 Å². The fraction of sp³-hybridized carbons (Fsp3) is 0.455. The highest BCUT2D eigenvalue weighted by Crippen LogP contribution is 2.34. The lowest BCUT2D eigenvalue weighted by Gasteiger charge is -2.13. The Morgan fingerprint density at radius 2 is 2.17 bits per heavy atom. The van der Waals surface area contributed by atoms with E-state index in [1.165, 1.54) is 19.2 Å². The number of nitrogens with one attached hydrogen (secondary N) is 1. The van der Waals surface area contributed by atoms with E-state index in [2.05, 4.69) is 20.3 Å². The smallest absolute Gasteiger partial charge is 0.358 e. The number of aliphatic carboxylic acids is 1. The van der Waals surface area contributed by atoms with Crippen LogP contribution in [0.5, 0.6) is 0 Å². The first kappa shape index (κ1) is 12.3. The van der Waals surface area contributed by atoms with Gasteiger partial charge in [0.25, 0.3) is 0 Å². The van der Waals surface area contributed by atoms with Crippen LogP contribution in [0.4, 0.5) is 5.82 Å². The van der Waals surface area contributed by atoms with Gasteiger partial charge >= 0.3 is 11.9 Å². The lowest BCUT2D eigenvalue weighted by Crippen LogP contribution is -2.31. The summed E-state index contributed by atoms with van der Waals surface area (Å²) in [6.45, 7) is 0. The monoisotopic (exact) mass is 251 g/mol. The molecule has 1 atom stereocenters. The Kier molecular flexibility index (Phi) is 3.40. The van der Waals surface area contributed by atoms with Gasteiger partial charge in [0.15, 0.2) is 5.69 Å². The first-order chi connectivity index (χ1) is 8.61. The number of aromatic nitrogens is 2. The number of carbonyl (C=O) groups excluding carboxylic acids is 1. The van der Waals surface area contributed by atoms with Crippen LogP contribution >= 0.6 is 0 Å². The minimum atomic E-state index is -0.906. The fourth-order valence-electron chi connectivity index (χ4n) is 1.59. The fourth-order valence-corrected chi connectivity index (χ4v) is 1.59. The molecule has 0 aromatic carbocycles. The van der Waals surface area contributed by atoms with Crippen LogP contribution in [0.3, 0.4) is 0 Å². The number of nitrogens with zero attached hydrogens (tertiary/aromatic N) is 2. The molecule has 7 heteroatoms. The van der Waals surface area contributed by atoms with Crippen molar-refractivity contribution in [1.29, 1.82) is 0 Å². The number of hydrogen-bond donors (Lipinski definition) is 2. The van der Waals surface area contributed by atoms with E-state index in [4.69, 9.17) is 5.11 Å². The molecule has 0 bridgehead atoms. The third-order valence-corrected chi connectivity index (χ3v) is 2.72. The largest absolute Gasteiger partial charge is 0.480 e.